The van der Waals surface area contributed by atoms with Crippen LogP contribution in [0.2, 0.25) is 0 Å². The Bertz CT molecular complexity index is 745. The Kier molecular flexibility index (Phi) is 7.18. The lowest BCUT2D eigenvalue weighted by Gasteiger charge is -2.20. The zero-order chi connectivity index (χ0) is 19.1. The van der Waals surface area contributed by atoms with Crippen molar-refractivity contribution in [3.63, 3.8) is 0 Å². The van der Waals surface area contributed by atoms with Gasteiger partial charge in [0.2, 0.25) is 5.82 Å². The summed E-state index contributed by atoms with van der Waals surface area (Å²) in [7, 11) is 0. The number of pyridine rings is 1. The maximum Gasteiger partial charge on any atom is 0.290 e. The summed E-state index contributed by atoms with van der Waals surface area (Å²) in [6, 6.07) is 5.52. The number of rotatable bonds is 9. The van der Waals surface area contributed by atoms with Gasteiger partial charge in [-0.1, -0.05) is 33.8 Å². The molecule has 0 atom stereocenters. The lowest BCUT2D eigenvalue weighted by Crippen LogP contribution is -2.34. The third-order valence-electron chi connectivity index (χ3n) is 4.24. The SMILES string of the molecule is CCCN(CCC)C(=O)c1nc(C(=O)NCCC(C)C)c2ccccn12. The molecular formula is C20H30N4O2. The predicted molar refractivity (Wildman–Crippen MR) is 103 cm³/mol. The maximum absolute atomic E-state index is 13.0. The van der Waals surface area contributed by atoms with Crippen LogP contribution in [0.4, 0.5) is 0 Å². The molecule has 2 amide bonds. The molecule has 0 radical (unpaired) electrons. The van der Waals surface area contributed by atoms with Gasteiger partial charge in [0.15, 0.2) is 5.69 Å². The zero-order valence-corrected chi connectivity index (χ0v) is 16.3. The molecule has 0 aliphatic rings. The van der Waals surface area contributed by atoms with Crippen molar-refractivity contribution in [1.82, 2.24) is 19.6 Å². The lowest BCUT2D eigenvalue weighted by atomic mass is 10.1. The fraction of sp³-hybridized carbons (Fsp3) is 0.550. The summed E-state index contributed by atoms with van der Waals surface area (Å²) in [6.45, 7) is 10.3. The van der Waals surface area contributed by atoms with Crippen molar-refractivity contribution in [2.45, 2.75) is 47.0 Å². The summed E-state index contributed by atoms with van der Waals surface area (Å²) < 4.78 is 1.72. The Morgan fingerprint density at radius 2 is 1.88 bits per heavy atom. The molecule has 0 unspecified atom stereocenters. The van der Waals surface area contributed by atoms with Crippen LogP contribution in [0, 0.1) is 5.92 Å². The van der Waals surface area contributed by atoms with Crippen LogP contribution in [0.1, 0.15) is 68.1 Å². The molecule has 0 bridgehead atoms. The molecule has 6 nitrogen and oxygen atoms in total. The van der Waals surface area contributed by atoms with E-state index in [1.165, 1.54) is 0 Å². The minimum Gasteiger partial charge on any atom is -0.351 e. The van der Waals surface area contributed by atoms with Gasteiger partial charge in [-0.25, -0.2) is 4.98 Å². The zero-order valence-electron chi connectivity index (χ0n) is 16.3. The molecule has 0 fully saturated rings. The second-order valence-corrected chi connectivity index (χ2v) is 6.97. The topological polar surface area (TPSA) is 66.7 Å². The molecule has 0 aliphatic carbocycles. The Hall–Kier alpha value is -2.37. The van der Waals surface area contributed by atoms with Crippen molar-refractivity contribution in [3.8, 4) is 0 Å². The van der Waals surface area contributed by atoms with Crippen LogP contribution in [0.3, 0.4) is 0 Å². The van der Waals surface area contributed by atoms with E-state index < -0.39 is 0 Å². The highest BCUT2D eigenvalue weighted by atomic mass is 16.2. The smallest absolute Gasteiger partial charge is 0.290 e. The van der Waals surface area contributed by atoms with Gasteiger partial charge in [0, 0.05) is 25.8 Å². The van der Waals surface area contributed by atoms with Crippen molar-refractivity contribution in [1.29, 1.82) is 0 Å². The summed E-state index contributed by atoms with van der Waals surface area (Å²) in [5.74, 6) is 0.460. The number of hydrogen-bond acceptors (Lipinski definition) is 3. The molecule has 6 heteroatoms. The standard InChI is InChI=1S/C20H30N4O2/c1-5-12-23(13-6-2)20(26)18-22-17(16-9-7-8-14-24(16)18)19(25)21-11-10-15(3)4/h7-9,14-15H,5-6,10-13H2,1-4H3,(H,21,25). The van der Waals surface area contributed by atoms with Gasteiger partial charge in [-0.15, -0.1) is 0 Å². The molecule has 2 rings (SSSR count). The number of imidazole rings is 1. The Balaban J connectivity index is 2.33. The minimum atomic E-state index is -0.231. The number of amides is 2. The van der Waals surface area contributed by atoms with Crippen molar-refractivity contribution < 1.29 is 9.59 Å². The molecule has 26 heavy (non-hydrogen) atoms. The third-order valence-corrected chi connectivity index (χ3v) is 4.24. The first kappa shape index (κ1) is 19.9. The van der Waals surface area contributed by atoms with Crippen LogP contribution >= 0.6 is 0 Å². The summed E-state index contributed by atoms with van der Waals surface area (Å²) in [5.41, 5.74) is 0.969. The highest BCUT2D eigenvalue weighted by Gasteiger charge is 2.24. The van der Waals surface area contributed by atoms with E-state index in [2.05, 4.69) is 24.1 Å². The van der Waals surface area contributed by atoms with Crippen molar-refractivity contribution in [2.75, 3.05) is 19.6 Å². The fourth-order valence-electron chi connectivity index (χ4n) is 2.91. The summed E-state index contributed by atoms with van der Waals surface area (Å²) in [4.78, 5) is 31.8. The first-order chi connectivity index (χ1) is 12.5. The lowest BCUT2D eigenvalue weighted by molar-refractivity contribution is 0.0742. The van der Waals surface area contributed by atoms with E-state index in [4.69, 9.17) is 0 Å². The van der Waals surface area contributed by atoms with Crippen LogP contribution in [0.25, 0.3) is 5.52 Å². The number of aromatic nitrogens is 2. The monoisotopic (exact) mass is 358 g/mol. The predicted octanol–water partition coefficient (Wildman–Crippen LogP) is 3.37. The van der Waals surface area contributed by atoms with Crippen molar-refractivity contribution in [3.05, 3.63) is 35.9 Å². The van der Waals surface area contributed by atoms with Gasteiger partial charge < -0.3 is 10.2 Å². The number of nitrogens with zero attached hydrogens (tertiary/aromatic N) is 3. The Labute approximate surface area is 155 Å². The van der Waals surface area contributed by atoms with Gasteiger partial charge in [-0.05, 0) is 37.3 Å². The Morgan fingerprint density at radius 1 is 1.19 bits per heavy atom. The maximum atomic E-state index is 13.0. The van der Waals surface area contributed by atoms with Gasteiger partial charge >= 0.3 is 0 Å². The molecule has 2 aromatic heterocycles. The Morgan fingerprint density at radius 3 is 2.50 bits per heavy atom. The first-order valence-electron chi connectivity index (χ1n) is 9.54. The van der Waals surface area contributed by atoms with E-state index in [1.807, 2.05) is 36.9 Å². The second kappa shape index (κ2) is 9.36. The number of carbonyl (C=O) groups is 2. The van der Waals surface area contributed by atoms with Gasteiger partial charge in [0.05, 0.1) is 5.52 Å². The molecule has 1 N–H and O–H groups in total. The van der Waals surface area contributed by atoms with Crippen LogP contribution in [-0.2, 0) is 0 Å². The van der Waals surface area contributed by atoms with E-state index >= 15 is 0 Å². The molecule has 0 saturated carbocycles. The summed E-state index contributed by atoms with van der Waals surface area (Å²) in [5, 5.41) is 2.91. The summed E-state index contributed by atoms with van der Waals surface area (Å²) in [6.07, 6.45) is 4.47. The number of hydrogen-bond donors (Lipinski definition) is 1. The van der Waals surface area contributed by atoms with E-state index in [0.717, 1.165) is 19.3 Å². The first-order valence-corrected chi connectivity index (χ1v) is 9.54. The van der Waals surface area contributed by atoms with Gasteiger partial charge in [0.25, 0.3) is 11.8 Å². The van der Waals surface area contributed by atoms with E-state index in [1.54, 1.807) is 10.6 Å². The second-order valence-electron chi connectivity index (χ2n) is 6.97. The van der Waals surface area contributed by atoms with E-state index in [-0.39, 0.29) is 11.8 Å². The molecule has 2 heterocycles. The van der Waals surface area contributed by atoms with Crippen LogP contribution in [0.15, 0.2) is 24.4 Å². The van der Waals surface area contributed by atoms with Gasteiger partial charge in [-0.3, -0.25) is 14.0 Å². The average molecular weight is 358 g/mol. The molecule has 0 aromatic carbocycles. The largest absolute Gasteiger partial charge is 0.351 e. The van der Waals surface area contributed by atoms with Crippen LogP contribution < -0.4 is 5.32 Å². The van der Waals surface area contributed by atoms with Crippen molar-refractivity contribution >= 4 is 17.3 Å². The molecule has 0 saturated heterocycles. The normalized spacial score (nSPS) is 11.1. The highest BCUT2D eigenvalue weighted by molar-refractivity contribution is 6.02. The fourth-order valence-corrected chi connectivity index (χ4v) is 2.91. The van der Waals surface area contributed by atoms with E-state index in [0.29, 0.717) is 42.6 Å². The molecule has 142 valence electrons. The number of fused-ring (bicyclic) bond motifs is 1. The highest BCUT2D eigenvalue weighted by Crippen LogP contribution is 2.15. The quantitative estimate of drug-likeness (QED) is 0.747. The van der Waals surface area contributed by atoms with Crippen molar-refractivity contribution in [2.24, 2.45) is 5.92 Å². The van der Waals surface area contributed by atoms with Crippen LogP contribution in [-0.4, -0.2) is 45.7 Å². The van der Waals surface area contributed by atoms with Gasteiger partial charge in [0.1, 0.15) is 0 Å². The van der Waals surface area contributed by atoms with Crippen LogP contribution in [0.5, 0.6) is 0 Å². The minimum absolute atomic E-state index is 0.129. The third kappa shape index (κ3) is 4.62. The molecular weight excluding hydrogens is 328 g/mol. The van der Waals surface area contributed by atoms with E-state index in [9.17, 15) is 9.59 Å². The summed E-state index contributed by atoms with van der Waals surface area (Å²) >= 11 is 0. The molecule has 0 aliphatic heterocycles. The molecule has 2 aromatic rings. The number of carbonyl (C=O) groups excluding carboxylic acids is 2. The number of nitrogens with one attached hydrogen (secondary N) is 1. The van der Waals surface area contributed by atoms with Gasteiger partial charge in [-0.2, -0.15) is 0 Å². The molecule has 0 spiro atoms. The average Bonchev–Trinajstić information content (AvgIpc) is 3.00.